The average Bonchev–Trinajstić information content (AvgIpc) is 2.28. The molecule has 0 fully saturated rings. The summed E-state index contributed by atoms with van der Waals surface area (Å²) < 4.78 is 0. The van der Waals surface area contributed by atoms with Gasteiger partial charge in [-0.25, -0.2) is 4.79 Å². The van der Waals surface area contributed by atoms with Crippen molar-refractivity contribution >= 4 is 11.9 Å². The Morgan fingerprint density at radius 3 is 2.33 bits per heavy atom. The van der Waals surface area contributed by atoms with Crippen molar-refractivity contribution in [1.82, 2.24) is 9.88 Å². The number of carboxylic acid groups (broad SMARTS) is 1. The highest BCUT2D eigenvalue weighted by atomic mass is 16.4. The monoisotopic (exact) mass is 250 g/mol. The fourth-order valence-electron chi connectivity index (χ4n) is 1.82. The first-order valence-corrected chi connectivity index (χ1v) is 5.77. The quantitative estimate of drug-likeness (QED) is 0.880. The van der Waals surface area contributed by atoms with Gasteiger partial charge < -0.3 is 10.0 Å². The van der Waals surface area contributed by atoms with Crippen molar-refractivity contribution < 1.29 is 14.7 Å². The maximum Gasteiger partial charge on any atom is 0.326 e. The number of nitrogens with zero attached hydrogens (tertiary/aromatic N) is 2. The lowest BCUT2D eigenvalue weighted by molar-refractivity contribution is -0.143. The number of aromatic nitrogens is 1. The van der Waals surface area contributed by atoms with E-state index in [0.29, 0.717) is 5.56 Å². The van der Waals surface area contributed by atoms with Crippen LogP contribution in [0, 0.1) is 12.8 Å². The fourth-order valence-corrected chi connectivity index (χ4v) is 1.82. The number of rotatable bonds is 4. The van der Waals surface area contributed by atoms with Crippen molar-refractivity contribution in [1.29, 1.82) is 0 Å². The summed E-state index contributed by atoms with van der Waals surface area (Å²) in [6.07, 6.45) is 1.47. The molecular formula is C13H18N2O3. The molecule has 18 heavy (non-hydrogen) atoms. The number of hydrogen-bond donors (Lipinski definition) is 1. The van der Waals surface area contributed by atoms with Crippen LogP contribution in [0.25, 0.3) is 0 Å². The molecule has 0 aliphatic rings. The molecule has 0 aromatic carbocycles. The van der Waals surface area contributed by atoms with Crippen LogP contribution in [0.1, 0.15) is 29.9 Å². The molecule has 0 aliphatic carbocycles. The number of carbonyl (C=O) groups excluding carboxylic acids is 1. The first kappa shape index (κ1) is 14.2. The van der Waals surface area contributed by atoms with Crippen LogP contribution in [0.3, 0.4) is 0 Å². The molecule has 1 rings (SSSR count). The van der Waals surface area contributed by atoms with Gasteiger partial charge in [-0.1, -0.05) is 13.8 Å². The minimum atomic E-state index is -0.999. The second-order valence-corrected chi connectivity index (χ2v) is 4.63. The van der Waals surface area contributed by atoms with E-state index in [-0.39, 0.29) is 11.8 Å². The first-order chi connectivity index (χ1) is 8.34. The molecule has 1 atom stereocenters. The number of likely N-dealkylation sites (N-methyl/N-ethyl adjacent to an activating group) is 1. The van der Waals surface area contributed by atoms with Gasteiger partial charge in [0.1, 0.15) is 6.04 Å². The van der Waals surface area contributed by atoms with Gasteiger partial charge in [0.25, 0.3) is 5.91 Å². The maximum atomic E-state index is 12.1. The molecule has 0 saturated heterocycles. The smallest absolute Gasteiger partial charge is 0.326 e. The second-order valence-electron chi connectivity index (χ2n) is 4.63. The van der Waals surface area contributed by atoms with Gasteiger partial charge in [-0.15, -0.1) is 0 Å². The highest BCUT2D eigenvalue weighted by Crippen LogP contribution is 2.13. The molecule has 0 aliphatic heterocycles. The summed E-state index contributed by atoms with van der Waals surface area (Å²) in [7, 11) is 1.50. The van der Waals surface area contributed by atoms with Gasteiger partial charge >= 0.3 is 5.97 Å². The fraction of sp³-hybridized carbons (Fsp3) is 0.462. The van der Waals surface area contributed by atoms with Crippen LogP contribution in [0.4, 0.5) is 0 Å². The number of amides is 1. The average molecular weight is 250 g/mol. The van der Waals surface area contributed by atoms with E-state index in [0.717, 1.165) is 5.69 Å². The Hall–Kier alpha value is -1.91. The minimum Gasteiger partial charge on any atom is -0.480 e. The lowest BCUT2D eigenvalue weighted by atomic mass is 10.0. The summed E-state index contributed by atoms with van der Waals surface area (Å²) in [4.78, 5) is 28.6. The van der Waals surface area contributed by atoms with Crippen LogP contribution in [0.15, 0.2) is 18.3 Å². The van der Waals surface area contributed by atoms with Gasteiger partial charge in [0.05, 0.1) is 5.56 Å². The van der Waals surface area contributed by atoms with Gasteiger partial charge in [-0.2, -0.15) is 0 Å². The Morgan fingerprint density at radius 2 is 1.94 bits per heavy atom. The van der Waals surface area contributed by atoms with Gasteiger partial charge in [0, 0.05) is 18.9 Å². The Kier molecular flexibility index (Phi) is 4.42. The zero-order valence-corrected chi connectivity index (χ0v) is 11.0. The molecule has 1 unspecified atom stereocenters. The van der Waals surface area contributed by atoms with Gasteiger partial charge in [-0.05, 0) is 25.0 Å². The Balaban J connectivity index is 2.95. The van der Waals surface area contributed by atoms with E-state index in [9.17, 15) is 9.59 Å². The predicted molar refractivity (Wildman–Crippen MR) is 67.3 cm³/mol. The standard InChI is InChI=1S/C13H18N2O3/c1-8(2)11(13(17)18)15(4)12(16)10-6-5-9(3)14-7-10/h5-8,11H,1-4H3,(H,17,18). The van der Waals surface area contributed by atoms with E-state index < -0.39 is 12.0 Å². The number of pyridine rings is 1. The van der Waals surface area contributed by atoms with Crippen LogP contribution >= 0.6 is 0 Å². The highest BCUT2D eigenvalue weighted by Gasteiger charge is 2.29. The largest absolute Gasteiger partial charge is 0.480 e. The molecule has 98 valence electrons. The normalized spacial score (nSPS) is 12.3. The molecule has 1 aromatic heterocycles. The van der Waals surface area contributed by atoms with Crippen LogP contribution in [-0.4, -0.2) is 40.0 Å². The van der Waals surface area contributed by atoms with E-state index in [2.05, 4.69) is 4.98 Å². The maximum absolute atomic E-state index is 12.1. The summed E-state index contributed by atoms with van der Waals surface area (Å²) in [6.45, 7) is 5.37. The lowest BCUT2D eigenvalue weighted by Crippen LogP contribution is -2.45. The molecule has 0 bridgehead atoms. The molecule has 1 amide bonds. The predicted octanol–water partition coefficient (Wildman–Crippen LogP) is 1.57. The van der Waals surface area contributed by atoms with Crippen molar-refractivity contribution in [2.24, 2.45) is 5.92 Å². The van der Waals surface area contributed by atoms with Crippen molar-refractivity contribution in [3.05, 3.63) is 29.6 Å². The molecule has 0 radical (unpaired) electrons. The Morgan fingerprint density at radius 1 is 1.33 bits per heavy atom. The number of aryl methyl sites for hydroxylation is 1. The molecule has 1 heterocycles. The molecule has 0 spiro atoms. The van der Waals surface area contributed by atoms with E-state index in [4.69, 9.17) is 5.11 Å². The SMILES string of the molecule is Cc1ccc(C(=O)N(C)C(C(=O)O)C(C)C)cn1. The summed E-state index contributed by atoms with van der Waals surface area (Å²) in [5, 5.41) is 9.14. The van der Waals surface area contributed by atoms with Gasteiger partial charge in [-0.3, -0.25) is 9.78 Å². The molecule has 1 aromatic rings. The van der Waals surface area contributed by atoms with E-state index in [1.54, 1.807) is 26.0 Å². The zero-order valence-electron chi connectivity index (χ0n) is 11.0. The third-order valence-corrected chi connectivity index (χ3v) is 2.78. The Labute approximate surface area is 106 Å². The van der Waals surface area contributed by atoms with Crippen molar-refractivity contribution in [2.75, 3.05) is 7.05 Å². The summed E-state index contributed by atoms with van der Waals surface area (Å²) in [5.41, 5.74) is 1.21. The van der Waals surface area contributed by atoms with Crippen LogP contribution < -0.4 is 0 Å². The Bertz CT molecular complexity index is 440. The van der Waals surface area contributed by atoms with Crippen molar-refractivity contribution in [3.63, 3.8) is 0 Å². The summed E-state index contributed by atoms with van der Waals surface area (Å²) >= 11 is 0. The first-order valence-electron chi connectivity index (χ1n) is 5.77. The number of aliphatic carboxylic acids is 1. The topological polar surface area (TPSA) is 70.5 Å². The third kappa shape index (κ3) is 3.06. The van der Waals surface area contributed by atoms with Crippen LogP contribution in [0.5, 0.6) is 0 Å². The molecule has 0 saturated carbocycles. The zero-order chi connectivity index (χ0) is 13.9. The van der Waals surface area contributed by atoms with E-state index in [1.807, 2.05) is 6.92 Å². The van der Waals surface area contributed by atoms with Crippen LogP contribution in [-0.2, 0) is 4.79 Å². The highest BCUT2D eigenvalue weighted by molar-refractivity contribution is 5.96. The molecule has 5 nitrogen and oxygen atoms in total. The van der Waals surface area contributed by atoms with Crippen LogP contribution in [0.2, 0.25) is 0 Å². The molecule has 5 heteroatoms. The van der Waals surface area contributed by atoms with E-state index >= 15 is 0 Å². The molecular weight excluding hydrogens is 232 g/mol. The minimum absolute atomic E-state index is 0.158. The summed E-state index contributed by atoms with van der Waals surface area (Å²) in [6, 6.07) is 2.55. The molecule has 1 N–H and O–H groups in total. The number of carbonyl (C=O) groups is 2. The number of carboxylic acids is 1. The third-order valence-electron chi connectivity index (χ3n) is 2.78. The summed E-state index contributed by atoms with van der Waals surface area (Å²) in [5.74, 6) is -1.49. The van der Waals surface area contributed by atoms with Crippen molar-refractivity contribution in [3.8, 4) is 0 Å². The van der Waals surface area contributed by atoms with E-state index in [1.165, 1.54) is 18.1 Å². The van der Waals surface area contributed by atoms with Gasteiger partial charge in [0.2, 0.25) is 0 Å². The second kappa shape index (κ2) is 5.62. The number of hydrogen-bond acceptors (Lipinski definition) is 3. The van der Waals surface area contributed by atoms with Crippen molar-refractivity contribution in [2.45, 2.75) is 26.8 Å². The van der Waals surface area contributed by atoms with Gasteiger partial charge in [0.15, 0.2) is 0 Å². The lowest BCUT2D eigenvalue weighted by Gasteiger charge is -2.27.